The lowest BCUT2D eigenvalue weighted by Crippen LogP contribution is -2.44. The molecular formula is C28H30ClN3O6S. The number of aryl methyl sites for hydroxylation is 1. The lowest BCUT2D eigenvalue weighted by Gasteiger charge is -2.27. The maximum absolute atomic E-state index is 12.9. The molecule has 0 bridgehead atoms. The van der Waals surface area contributed by atoms with E-state index in [1.54, 1.807) is 41.3 Å². The molecule has 0 saturated carbocycles. The molecule has 0 aliphatic carbocycles. The van der Waals surface area contributed by atoms with Gasteiger partial charge in [-0.1, -0.05) is 23.7 Å². The van der Waals surface area contributed by atoms with Gasteiger partial charge in [-0.05, 0) is 86.3 Å². The topological polar surface area (TPSA) is 105 Å². The summed E-state index contributed by atoms with van der Waals surface area (Å²) < 4.78 is 11.4. The zero-order valence-corrected chi connectivity index (χ0v) is 23.4. The van der Waals surface area contributed by atoms with E-state index in [1.165, 1.54) is 0 Å². The van der Waals surface area contributed by atoms with Gasteiger partial charge in [-0.3, -0.25) is 24.1 Å². The molecule has 9 nitrogen and oxygen atoms in total. The van der Waals surface area contributed by atoms with Gasteiger partial charge < -0.3 is 19.7 Å². The van der Waals surface area contributed by atoms with Crippen LogP contribution >= 0.6 is 23.4 Å². The number of rotatable bonds is 9. The van der Waals surface area contributed by atoms with E-state index >= 15 is 0 Å². The molecule has 0 aromatic heterocycles. The second kappa shape index (κ2) is 13.0. The third kappa shape index (κ3) is 7.33. The summed E-state index contributed by atoms with van der Waals surface area (Å²) in [6.45, 7) is 4.84. The van der Waals surface area contributed by atoms with Gasteiger partial charge >= 0.3 is 0 Å². The summed E-state index contributed by atoms with van der Waals surface area (Å²) in [5, 5.41) is 2.82. The van der Waals surface area contributed by atoms with Crippen LogP contribution in [0, 0.1) is 6.92 Å². The Bertz CT molecular complexity index is 1310. The van der Waals surface area contributed by atoms with Crippen molar-refractivity contribution in [3.05, 3.63) is 57.5 Å². The number of anilines is 1. The van der Waals surface area contributed by atoms with Crippen molar-refractivity contribution in [2.45, 2.75) is 33.1 Å². The first kappa shape index (κ1) is 28.5. The second-order valence-electron chi connectivity index (χ2n) is 9.15. The second-order valence-corrected chi connectivity index (χ2v) is 10.5. The monoisotopic (exact) mass is 571 g/mol. The Morgan fingerprint density at radius 3 is 2.54 bits per heavy atom. The number of halogens is 1. The average Bonchev–Trinajstić information content (AvgIpc) is 3.18. The number of thioether (sulfide) groups is 1. The molecule has 206 valence electrons. The molecule has 0 unspecified atom stereocenters. The van der Waals surface area contributed by atoms with E-state index in [4.69, 9.17) is 21.1 Å². The van der Waals surface area contributed by atoms with Crippen LogP contribution in [-0.4, -0.2) is 65.6 Å². The largest absolute Gasteiger partial charge is 0.490 e. The van der Waals surface area contributed by atoms with Crippen molar-refractivity contribution in [1.82, 2.24) is 9.80 Å². The normalized spacial score (nSPS) is 16.5. The molecule has 4 rings (SSSR count). The summed E-state index contributed by atoms with van der Waals surface area (Å²) in [5.74, 6) is -0.341. The highest BCUT2D eigenvalue weighted by molar-refractivity contribution is 8.18. The summed E-state index contributed by atoms with van der Waals surface area (Å²) in [6, 6.07) is 10.2. The number of ether oxygens (including phenoxy) is 2. The number of nitrogens with one attached hydrogen (secondary N) is 1. The van der Waals surface area contributed by atoms with E-state index in [9.17, 15) is 19.2 Å². The van der Waals surface area contributed by atoms with Gasteiger partial charge in [-0.15, -0.1) is 0 Å². The first-order valence-corrected chi connectivity index (χ1v) is 13.9. The van der Waals surface area contributed by atoms with E-state index in [0.717, 1.165) is 41.5 Å². The third-order valence-corrected chi connectivity index (χ3v) is 7.57. The smallest absolute Gasteiger partial charge is 0.294 e. The van der Waals surface area contributed by atoms with Crippen molar-refractivity contribution in [3.8, 4) is 11.5 Å². The molecule has 0 atom stereocenters. The van der Waals surface area contributed by atoms with E-state index in [2.05, 4.69) is 5.32 Å². The molecule has 1 N–H and O–H groups in total. The highest BCUT2D eigenvalue weighted by Crippen LogP contribution is 2.35. The number of benzene rings is 2. The molecule has 11 heteroatoms. The van der Waals surface area contributed by atoms with Crippen molar-refractivity contribution < 1.29 is 28.7 Å². The standard InChI is InChI=1S/C28H30ClN3O6S/c1-3-37-23-13-19(8-10-22(23)38-17-25(33)30-20-9-7-18(2)21(29)15-20)14-24-27(35)32(28(36)39-24)16-26(34)31-11-5-4-6-12-31/h7-10,13-15H,3-6,11-12,16-17H2,1-2H3,(H,30,33)/b24-14-. The fourth-order valence-electron chi connectivity index (χ4n) is 4.18. The number of hydrogen-bond acceptors (Lipinski definition) is 7. The fourth-order valence-corrected chi connectivity index (χ4v) is 5.20. The van der Waals surface area contributed by atoms with Crippen LogP contribution in [0.4, 0.5) is 10.5 Å². The molecule has 2 heterocycles. The van der Waals surface area contributed by atoms with Crippen LogP contribution in [0.2, 0.25) is 5.02 Å². The molecular weight excluding hydrogens is 542 g/mol. The molecule has 0 radical (unpaired) electrons. The molecule has 4 amide bonds. The van der Waals surface area contributed by atoms with Crippen molar-refractivity contribution >= 4 is 58.1 Å². The van der Waals surface area contributed by atoms with Crippen molar-refractivity contribution in [2.75, 3.05) is 38.2 Å². The molecule has 0 spiro atoms. The van der Waals surface area contributed by atoms with Crippen LogP contribution in [0.25, 0.3) is 6.08 Å². The number of likely N-dealkylation sites (tertiary alicyclic amines) is 1. The number of nitrogens with zero attached hydrogens (tertiary/aromatic N) is 2. The van der Waals surface area contributed by atoms with Gasteiger partial charge in [0, 0.05) is 23.8 Å². The highest BCUT2D eigenvalue weighted by atomic mass is 35.5. The van der Waals surface area contributed by atoms with E-state index < -0.39 is 11.1 Å². The Morgan fingerprint density at radius 1 is 1.05 bits per heavy atom. The van der Waals surface area contributed by atoms with Crippen LogP contribution < -0.4 is 14.8 Å². The van der Waals surface area contributed by atoms with Gasteiger partial charge in [-0.25, -0.2) is 0 Å². The van der Waals surface area contributed by atoms with Crippen LogP contribution in [0.15, 0.2) is 41.3 Å². The van der Waals surface area contributed by atoms with Crippen molar-refractivity contribution in [2.24, 2.45) is 0 Å². The maximum Gasteiger partial charge on any atom is 0.294 e. The Balaban J connectivity index is 1.40. The number of imide groups is 1. The highest BCUT2D eigenvalue weighted by Gasteiger charge is 2.37. The molecule has 2 fully saturated rings. The number of hydrogen-bond donors (Lipinski definition) is 1. The first-order valence-electron chi connectivity index (χ1n) is 12.7. The van der Waals surface area contributed by atoms with E-state index in [1.807, 2.05) is 19.9 Å². The summed E-state index contributed by atoms with van der Waals surface area (Å²) in [5.41, 5.74) is 2.08. The quantitative estimate of drug-likeness (QED) is 0.417. The molecule has 2 aliphatic heterocycles. The van der Waals surface area contributed by atoms with E-state index in [0.29, 0.717) is 47.5 Å². The van der Waals surface area contributed by atoms with Gasteiger partial charge in [0.05, 0.1) is 11.5 Å². The van der Waals surface area contributed by atoms with Gasteiger partial charge in [0.2, 0.25) is 5.91 Å². The predicted molar refractivity (Wildman–Crippen MR) is 151 cm³/mol. The minimum absolute atomic E-state index is 0.215. The van der Waals surface area contributed by atoms with E-state index in [-0.39, 0.29) is 29.9 Å². The summed E-state index contributed by atoms with van der Waals surface area (Å²) in [4.78, 5) is 53.3. The lowest BCUT2D eigenvalue weighted by atomic mass is 10.1. The Labute approximate surface area is 236 Å². The number of carbonyl (C=O) groups excluding carboxylic acids is 4. The summed E-state index contributed by atoms with van der Waals surface area (Å²) >= 11 is 6.92. The zero-order chi connectivity index (χ0) is 27.9. The number of piperidine rings is 1. The number of amides is 4. The van der Waals surface area contributed by atoms with Gasteiger partial charge in [0.25, 0.3) is 17.1 Å². The van der Waals surface area contributed by atoms with Gasteiger partial charge in [0.15, 0.2) is 18.1 Å². The summed E-state index contributed by atoms with van der Waals surface area (Å²) in [7, 11) is 0. The lowest BCUT2D eigenvalue weighted by molar-refractivity contribution is -0.136. The van der Waals surface area contributed by atoms with Gasteiger partial charge in [-0.2, -0.15) is 0 Å². The van der Waals surface area contributed by atoms with Crippen LogP contribution in [0.3, 0.4) is 0 Å². The molecule has 2 aliphatic rings. The molecule has 2 aromatic rings. The fraction of sp³-hybridized carbons (Fsp3) is 0.357. The third-order valence-electron chi connectivity index (χ3n) is 6.26. The Hall–Kier alpha value is -3.50. The Morgan fingerprint density at radius 2 is 1.82 bits per heavy atom. The van der Waals surface area contributed by atoms with Crippen LogP contribution in [-0.2, 0) is 14.4 Å². The number of carbonyl (C=O) groups is 4. The van der Waals surface area contributed by atoms with Gasteiger partial charge in [0.1, 0.15) is 6.54 Å². The molecule has 2 aromatic carbocycles. The van der Waals surface area contributed by atoms with Crippen molar-refractivity contribution in [3.63, 3.8) is 0 Å². The van der Waals surface area contributed by atoms with Crippen LogP contribution in [0.1, 0.15) is 37.3 Å². The molecule has 2 saturated heterocycles. The minimum atomic E-state index is -0.499. The minimum Gasteiger partial charge on any atom is -0.490 e. The predicted octanol–water partition coefficient (Wildman–Crippen LogP) is 5.11. The maximum atomic E-state index is 12.9. The Kier molecular flexibility index (Phi) is 9.53. The zero-order valence-electron chi connectivity index (χ0n) is 21.8. The van der Waals surface area contributed by atoms with Crippen LogP contribution in [0.5, 0.6) is 11.5 Å². The average molecular weight is 572 g/mol. The summed E-state index contributed by atoms with van der Waals surface area (Å²) in [6.07, 6.45) is 4.53. The first-order chi connectivity index (χ1) is 18.7. The van der Waals surface area contributed by atoms with Crippen molar-refractivity contribution in [1.29, 1.82) is 0 Å². The molecule has 39 heavy (non-hydrogen) atoms. The SMILES string of the molecule is CCOc1cc(/C=C2\SC(=O)N(CC(=O)N3CCCCC3)C2=O)ccc1OCC(=O)Nc1ccc(C)c(Cl)c1.